The third kappa shape index (κ3) is 4.63. The molecule has 0 saturated carbocycles. The van der Waals surface area contributed by atoms with Crippen LogP contribution in [0.4, 0.5) is 0 Å². The van der Waals surface area contributed by atoms with Crippen LogP contribution in [0.5, 0.6) is 0 Å². The molecule has 1 heterocycles. The topological polar surface area (TPSA) is 42.8 Å². The van der Waals surface area contributed by atoms with Gasteiger partial charge in [0.15, 0.2) is 0 Å². The highest BCUT2D eigenvalue weighted by Crippen LogP contribution is 2.20. The molecule has 0 spiro atoms. The zero-order chi connectivity index (χ0) is 14.4. The molecule has 0 aliphatic carbocycles. The molecule has 1 aliphatic heterocycles. The van der Waals surface area contributed by atoms with Gasteiger partial charge in [-0.25, -0.2) is 0 Å². The zero-order valence-corrected chi connectivity index (χ0v) is 12.8. The van der Waals surface area contributed by atoms with E-state index in [1.807, 2.05) is 0 Å². The second-order valence-corrected chi connectivity index (χ2v) is 5.69. The first-order valence-electron chi connectivity index (χ1n) is 6.81. The number of halogens is 2. The van der Waals surface area contributed by atoms with Crippen molar-refractivity contribution in [2.24, 2.45) is 0 Å². The lowest BCUT2D eigenvalue weighted by Gasteiger charge is -2.23. The molecule has 0 aromatic heterocycles. The number of ether oxygens (including phenoxy) is 1. The second-order valence-electron chi connectivity index (χ2n) is 4.85. The van der Waals surface area contributed by atoms with Gasteiger partial charge in [-0.2, -0.15) is 0 Å². The Morgan fingerprint density at radius 3 is 2.75 bits per heavy atom. The fraction of sp³-hybridized carbons (Fsp3) is 0.500. The van der Waals surface area contributed by atoms with Gasteiger partial charge in [-0.1, -0.05) is 23.2 Å². The molecule has 1 fully saturated rings. The summed E-state index contributed by atoms with van der Waals surface area (Å²) in [5.74, 6) is -0.149. The van der Waals surface area contributed by atoms with E-state index in [1.54, 1.807) is 18.2 Å². The van der Waals surface area contributed by atoms with Crippen LogP contribution in [0.15, 0.2) is 18.2 Å². The monoisotopic (exact) mass is 317 g/mol. The second kappa shape index (κ2) is 7.84. The Morgan fingerprint density at radius 1 is 1.30 bits per heavy atom. The number of morpholine rings is 1. The zero-order valence-electron chi connectivity index (χ0n) is 11.3. The summed E-state index contributed by atoms with van der Waals surface area (Å²) in [7, 11) is 0. The minimum Gasteiger partial charge on any atom is -0.370 e. The van der Waals surface area contributed by atoms with Crippen molar-refractivity contribution in [1.82, 2.24) is 5.32 Å². The summed E-state index contributed by atoms with van der Waals surface area (Å²) in [6.45, 7) is 5.48. The third-order valence-corrected chi connectivity index (χ3v) is 3.92. The van der Waals surface area contributed by atoms with Crippen molar-refractivity contribution in [3.8, 4) is 0 Å². The van der Waals surface area contributed by atoms with Gasteiger partial charge >= 0.3 is 0 Å². The van der Waals surface area contributed by atoms with Crippen LogP contribution < -0.4 is 10.2 Å². The van der Waals surface area contributed by atoms with Crippen LogP contribution in [0.2, 0.25) is 10.0 Å². The van der Waals surface area contributed by atoms with E-state index in [0.29, 0.717) is 22.2 Å². The van der Waals surface area contributed by atoms with Crippen LogP contribution in [0.3, 0.4) is 0 Å². The number of hydrogen-bond donors (Lipinski definition) is 2. The first kappa shape index (κ1) is 15.6. The molecule has 1 aromatic carbocycles. The number of quaternary nitrogens is 1. The molecule has 6 heteroatoms. The van der Waals surface area contributed by atoms with Crippen LogP contribution in [-0.2, 0) is 4.74 Å². The molecule has 2 N–H and O–H groups in total. The van der Waals surface area contributed by atoms with Crippen LogP contribution >= 0.6 is 23.2 Å². The summed E-state index contributed by atoms with van der Waals surface area (Å²) in [6.07, 6.45) is 0.951. The van der Waals surface area contributed by atoms with Crippen LogP contribution in [-0.4, -0.2) is 45.3 Å². The fourth-order valence-electron chi connectivity index (χ4n) is 2.22. The van der Waals surface area contributed by atoms with Crippen molar-refractivity contribution in [3.63, 3.8) is 0 Å². The Bertz CT molecular complexity index is 462. The average molecular weight is 318 g/mol. The van der Waals surface area contributed by atoms with E-state index in [2.05, 4.69) is 5.32 Å². The Balaban J connectivity index is 1.72. The van der Waals surface area contributed by atoms with Crippen molar-refractivity contribution < 1.29 is 14.4 Å². The predicted octanol–water partition coefficient (Wildman–Crippen LogP) is 1.03. The van der Waals surface area contributed by atoms with Gasteiger partial charge in [-0.15, -0.1) is 0 Å². The Kier molecular flexibility index (Phi) is 6.10. The largest absolute Gasteiger partial charge is 0.370 e. The molecule has 4 nitrogen and oxygen atoms in total. The van der Waals surface area contributed by atoms with Gasteiger partial charge in [0.25, 0.3) is 5.91 Å². The summed E-state index contributed by atoms with van der Waals surface area (Å²) in [5, 5.41) is 3.80. The predicted molar refractivity (Wildman–Crippen MR) is 79.8 cm³/mol. The van der Waals surface area contributed by atoms with Gasteiger partial charge in [0, 0.05) is 18.0 Å². The maximum Gasteiger partial charge on any atom is 0.252 e. The number of hydrogen-bond acceptors (Lipinski definition) is 2. The number of carbonyl (C=O) groups is 1. The first-order valence-corrected chi connectivity index (χ1v) is 7.57. The van der Waals surface area contributed by atoms with Gasteiger partial charge in [0.05, 0.1) is 30.3 Å². The minimum absolute atomic E-state index is 0.149. The fourth-order valence-corrected chi connectivity index (χ4v) is 2.71. The molecule has 0 radical (unpaired) electrons. The lowest BCUT2D eigenvalue weighted by molar-refractivity contribution is -0.908. The lowest BCUT2D eigenvalue weighted by atomic mass is 10.2. The van der Waals surface area contributed by atoms with Gasteiger partial charge in [-0.05, 0) is 18.2 Å². The minimum atomic E-state index is -0.149. The quantitative estimate of drug-likeness (QED) is 0.797. The number of carbonyl (C=O) groups excluding carboxylic acids is 1. The molecule has 0 bridgehead atoms. The third-order valence-electron chi connectivity index (χ3n) is 3.37. The molecule has 1 aliphatic rings. The number of nitrogens with one attached hydrogen (secondary N) is 2. The summed E-state index contributed by atoms with van der Waals surface area (Å²) in [4.78, 5) is 13.5. The SMILES string of the molecule is O=C(NCCC[NH+]1CCOCC1)c1ccc(Cl)cc1Cl. The van der Waals surface area contributed by atoms with Gasteiger partial charge < -0.3 is 15.0 Å². The summed E-state index contributed by atoms with van der Waals surface area (Å²) < 4.78 is 5.31. The van der Waals surface area contributed by atoms with Crippen LogP contribution in [0.1, 0.15) is 16.8 Å². The van der Waals surface area contributed by atoms with E-state index in [9.17, 15) is 4.79 Å². The molecule has 0 unspecified atom stereocenters. The van der Waals surface area contributed by atoms with E-state index in [4.69, 9.17) is 27.9 Å². The summed E-state index contributed by atoms with van der Waals surface area (Å²) in [6, 6.07) is 4.89. The molecule has 0 atom stereocenters. The molecule has 1 aromatic rings. The maximum atomic E-state index is 12.0. The molecule has 1 amide bonds. The molecule has 110 valence electrons. The van der Waals surface area contributed by atoms with Gasteiger partial charge in [0.2, 0.25) is 0 Å². The van der Waals surface area contributed by atoms with E-state index < -0.39 is 0 Å². The van der Waals surface area contributed by atoms with E-state index in [0.717, 1.165) is 39.3 Å². The highest BCUT2D eigenvalue weighted by Gasteiger charge is 2.14. The van der Waals surface area contributed by atoms with Crippen LogP contribution in [0, 0.1) is 0 Å². The summed E-state index contributed by atoms with van der Waals surface area (Å²) >= 11 is 11.8. The number of benzene rings is 1. The van der Waals surface area contributed by atoms with E-state index in [1.165, 1.54) is 4.90 Å². The van der Waals surface area contributed by atoms with Crippen molar-refractivity contribution in [1.29, 1.82) is 0 Å². The van der Waals surface area contributed by atoms with Crippen molar-refractivity contribution in [2.75, 3.05) is 39.4 Å². The number of amides is 1. The van der Waals surface area contributed by atoms with Crippen molar-refractivity contribution in [3.05, 3.63) is 33.8 Å². The Labute approximate surface area is 129 Å². The Hall–Kier alpha value is -0.810. The van der Waals surface area contributed by atoms with Crippen molar-refractivity contribution >= 4 is 29.1 Å². The standard InChI is InChI=1S/C14H18Cl2N2O2/c15-11-2-3-12(13(16)10-11)14(19)17-4-1-5-18-6-8-20-9-7-18/h2-3,10H,1,4-9H2,(H,17,19)/p+1. The normalized spacial score (nSPS) is 16.1. The molecule has 20 heavy (non-hydrogen) atoms. The molecular formula is C14H19Cl2N2O2+. The van der Waals surface area contributed by atoms with Crippen LogP contribution in [0.25, 0.3) is 0 Å². The summed E-state index contributed by atoms with van der Waals surface area (Å²) in [5.41, 5.74) is 0.467. The molecular weight excluding hydrogens is 299 g/mol. The van der Waals surface area contributed by atoms with Gasteiger partial charge in [-0.3, -0.25) is 4.79 Å². The average Bonchev–Trinajstić information content (AvgIpc) is 2.44. The first-order chi connectivity index (χ1) is 9.66. The maximum absolute atomic E-state index is 12.0. The molecule has 1 saturated heterocycles. The highest BCUT2D eigenvalue weighted by atomic mass is 35.5. The van der Waals surface area contributed by atoms with E-state index in [-0.39, 0.29) is 5.91 Å². The number of rotatable bonds is 5. The smallest absolute Gasteiger partial charge is 0.252 e. The lowest BCUT2D eigenvalue weighted by Crippen LogP contribution is -3.14. The highest BCUT2D eigenvalue weighted by molar-refractivity contribution is 6.36. The van der Waals surface area contributed by atoms with Crippen molar-refractivity contribution in [2.45, 2.75) is 6.42 Å². The van der Waals surface area contributed by atoms with Gasteiger partial charge in [0.1, 0.15) is 13.1 Å². The Morgan fingerprint density at radius 2 is 2.05 bits per heavy atom. The molecule has 2 rings (SSSR count). The van der Waals surface area contributed by atoms with E-state index >= 15 is 0 Å².